The minimum atomic E-state index is -5.08. The van der Waals surface area contributed by atoms with E-state index in [1.54, 1.807) is 29.1 Å². The molecular weight excluding hydrogens is 678 g/mol. The highest BCUT2D eigenvalue weighted by atomic mass is 19.4. The van der Waals surface area contributed by atoms with E-state index in [0.29, 0.717) is 12.1 Å². The van der Waals surface area contributed by atoms with Crippen LogP contribution in [-0.2, 0) is 27.3 Å². The van der Waals surface area contributed by atoms with Gasteiger partial charge in [0.15, 0.2) is 0 Å². The van der Waals surface area contributed by atoms with Crippen molar-refractivity contribution in [3.05, 3.63) is 83.7 Å². The summed E-state index contributed by atoms with van der Waals surface area (Å²) < 4.78 is 65.7. The van der Waals surface area contributed by atoms with Crippen LogP contribution >= 0.6 is 0 Å². The molecule has 0 bridgehead atoms. The van der Waals surface area contributed by atoms with E-state index >= 15 is 0 Å². The molecule has 0 fully saturated rings. The number of carboxylic acids is 3. The van der Waals surface area contributed by atoms with Crippen molar-refractivity contribution >= 4 is 40.5 Å². The molecule has 3 N–H and O–H groups in total. The Morgan fingerprint density at radius 3 is 1.82 bits per heavy atom. The Hall–Kier alpha value is -5.45. The Bertz CT molecular complexity index is 1780. The normalized spacial score (nSPS) is 11.3. The number of aryl methyl sites for hydroxylation is 1. The summed E-state index contributed by atoms with van der Waals surface area (Å²) in [5, 5.41) is 27.2. The van der Waals surface area contributed by atoms with Crippen LogP contribution in [0.25, 0.3) is 22.2 Å². The zero-order valence-corrected chi connectivity index (χ0v) is 27.2. The summed E-state index contributed by atoms with van der Waals surface area (Å²) in [6.07, 6.45) is -7.18. The van der Waals surface area contributed by atoms with Gasteiger partial charge in [-0.2, -0.15) is 26.3 Å². The first-order chi connectivity index (χ1) is 23.2. The SMILES string of the molecule is CCCCc1nc2ccc(N(C(C)=O)N(C)C)cc2n1Cc1ccc(-c2ccccc2C(=O)O)cc1.O=C(O)C(F)(F)F.O=C(O)C(F)(F)F. The highest BCUT2D eigenvalue weighted by molar-refractivity contribution is 5.96. The number of benzene rings is 3. The highest BCUT2D eigenvalue weighted by Crippen LogP contribution is 2.28. The molecule has 0 aliphatic carbocycles. The number of halogens is 6. The summed E-state index contributed by atoms with van der Waals surface area (Å²) in [7, 11) is 3.69. The van der Waals surface area contributed by atoms with E-state index < -0.39 is 30.3 Å². The van der Waals surface area contributed by atoms with Crippen molar-refractivity contribution in [1.82, 2.24) is 14.6 Å². The summed E-state index contributed by atoms with van der Waals surface area (Å²) in [5.41, 5.74) is 5.62. The lowest BCUT2D eigenvalue weighted by Crippen LogP contribution is -2.40. The van der Waals surface area contributed by atoms with Crippen molar-refractivity contribution in [3.8, 4) is 11.1 Å². The number of aliphatic carboxylic acids is 2. The van der Waals surface area contributed by atoms with Gasteiger partial charge in [-0.1, -0.05) is 55.8 Å². The molecule has 1 aromatic heterocycles. The van der Waals surface area contributed by atoms with Crippen LogP contribution in [0.3, 0.4) is 0 Å². The average molecular weight is 713 g/mol. The molecule has 17 heteroatoms. The summed E-state index contributed by atoms with van der Waals surface area (Å²) in [6, 6.07) is 21.0. The number of carbonyl (C=O) groups is 4. The number of alkyl halides is 6. The molecular formula is C33H34F6N4O7. The van der Waals surface area contributed by atoms with Crippen LogP contribution in [-0.4, -0.2) is 80.1 Å². The van der Waals surface area contributed by atoms with Crippen LogP contribution in [0, 0.1) is 0 Å². The molecule has 0 atom stereocenters. The van der Waals surface area contributed by atoms with Crippen molar-refractivity contribution in [2.75, 3.05) is 19.1 Å². The molecule has 4 rings (SSSR count). The van der Waals surface area contributed by atoms with Gasteiger partial charge in [-0.05, 0) is 47.4 Å². The highest BCUT2D eigenvalue weighted by Gasteiger charge is 2.38. The van der Waals surface area contributed by atoms with Crippen LogP contribution in [0.4, 0.5) is 32.0 Å². The minimum Gasteiger partial charge on any atom is -0.478 e. The second kappa shape index (κ2) is 17.3. The number of rotatable bonds is 9. The van der Waals surface area contributed by atoms with E-state index in [-0.39, 0.29) is 11.5 Å². The third-order valence-corrected chi connectivity index (χ3v) is 6.76. The predicted molar refractivity (Wildman–Crippen MR) is 171 cm³/mol. The van der Waals surface area contributed by atoms with Gasteiger partial charge in [-0.3, -0.25) is 4.79 Å². The quantitative estimate of drug-likeness (QED) is 0.124. The smallest absolute Gasteiger partial charge is 0.478 e. The average Bonchev–Trinajstić information content (AvgIpc) is 3.36. The van der Waals surface area contributed by atoms with Gasteiger partial charge in [0.1, 0.15) is 5.82 Å². The van der Waals surface area contributed by atoms with Crippen LogP contribution in [0.1, 0.15) is 48.4 Å². The lowest BCUT2D eigenvalue weighted by molar-refractivity contribution is -0.193. The zero-order chi connectivity index (χ0) is 38.0. The molecule has 0 saturated heterocycles. The van der Waals surface area contributed by atoms with E-state index in [1.165, 1.54) is 0 Å². The van der Waals surface area contributed by atoms with Gasteiger partial charge in [0, 0.05) is 34.0 Å². The molecule has 0 radical (unpaired) electrons. The third-order valence-electron chi connectivity index (χ3n) is 6.76. The molecule has 1 heterocycles. The summed E-state index contributed by atoms with van der Waals surface area (Å²) in [6.45, 7) is 4.35. The maximum Gasteiger partial charge on any atom is 0.490 e. The number of hydrazine groups is 1. The molecule has 11 nitrogen and oxygen atoms in total. The van der Waals surface area contributed by atoms with E-state index in [1.807, 2.05) is 68.7 Å². The largest absolute Gasteiger partial charge is 0.490 e. The molecule has 1 amide bonds. The Labute approximate surface area is 281 Å². The number of hydrogen-bond donors (Lipinski definition) is 3. The van der Waals surface area contributed by atoms with Gasteiger partial charge >= 0.3 is 30.3 Å². The topological polar surface area (TPSA) is 153 Å². The molecule has 0 aliphatic rings. The number of aromatic carboxylic acids is 1. The van der Waals surface area contributed by atoms with Gasteiger partial charge in [0.2, 0.25) is 5.91 Å². The van der Waals surface area contributed by atoms with E-state index in [9.17, 15) is 41.0 Å². The summed E-state index contributed by atoms with van der Waals surface area (Å²) in [4.78, 5) is 46.6. The number of amides is 1. The van der Waals surface area contributed by atoms with Crippen LogP contribution in [0.15, 0.2) is 66.7 Å². The maximum atomic E-state index is 12.3. The standard InChI is InChI=1S/C29H32N4O3.2C2HF3O2/c1-5-6-11-28-30-26-17-16-23(33(20(2)34)31(3)4)18-27(26)32(28)19-21-12-14-22(15-13-21)24-9-7-8-10-25(24)29(35)36;2*3-2(4,5)1(6)7/h7-10,12-18H,5-6,11,19H2,1-4H3,(H,35,36);2*(H,6,7). The number of hydrogen-bond acceptors (Lipinski definition) is 6. The number of fused-ring (bicyclic) bond motifs is 1. The number of anilines is 1. The molecule has 0 spiro atoms. The monoisotopic (exact) mass is 712 g/mol. The molecule has 4 aromatic rings. The Kier molecular flexibility index (Phi) is 14.1. The van der Waals surface area contributed by atoms with Gasteiger partial charge < -0.3 is 19.9 Å². The fraction of sp³-hybridized carbons (Fsp3) is 0.303. The number of aromatic nitrogens is 2. The molecule has 3 aromatic carbocycles. The lowest BCUT2D eigenvalue weighted by Gasteiger charge is -2.27. The van der Waals surface area contributed by atoms with Crippen LogP contribution < -0.4 is 5.01 Å². The van der Waals surface area contributed by atoms with E-state index in [2.05, 4.69) is 11.5 Å². The molecule has 0 aliphatic heterocycles. The molecule has 0 saturated carbocycles. The second-order valence-electron chi connectivity index (χ2n) is 10.7. The van der Waals surface area contributed by atoms with E-state index in [4.69, 9.17) is 24.8 Å². The first-order valence-electron chi connectivity index (χ1n) is 14.7. The van der Waals surface area contributed by atoms with Crippen molar-refractivity contribution in [2.24, 2.45) is 0 Å². The van der Waals surface area contributed by atoms with Gasteiger partial charge in [-0.15, -0.1) is 0 Å². The number of imidazole rings is 1. The maximum absolute atomic E-state index is 12.3. The summed E-state index contributed by atoms with van der Waals surface area (Å²) >= 11 is 0. The van der Waals surface area contributed by atoms with Gasteiger partial charge in [0.25, 0.3) is 0 Å². The number of nitrogens with zero attached hydrogens (tertiary/aromatic N) is 4. The fourth-order valence-electron chi connectivity index (χ4n) is 4.58. The van der Waals surface area contributed by atoms with Gasteiger partial charge in [-0.25, -0.2) is 29.4 Å². The zero-order valence-electron chi connectivity index (χ0n) is 27.2. The predicted octanol–water partition coefficient (Wildman–Crippen LogP) is 6.89. The first kappa shape index (κ1) is 40.7. The molecule has 270 valence electrons. The Morgan fingerprint density at radius 1 is 0.820 bits per heavy atom. The number of carbonyl (C=O) groups excluding carboxylic acids is 1. The summed E-state index contributed by atoms with van der Waals surface area (Å²) in [5.74, 6) is -5.49. The fourth-order valence-corrected chi connectivity index (χ4v) is 4.58. The van der Waals surface area contributed by atoms with Crippen LogP contribution in [0.5, 0.6) is 0 Å². The second-order valence-corrected chi connectivity index (χ2v) is 10.7. The van der Waals surface area contributed by atoms with E-state index in [0.717, 1.165) is 52.9 Å². The number of unbranched alkanes of at least 4 members (excludes halogenated alkanes) is 1. The molecule has 0 unspecified atom stereocenters. The van der Waals surface area contributed by atoms with Crippen molar-refractivity contribution in [1.29, 1.82) is 0 Å². The van der Waals surface area contributed by atoms with Crippen molar-refractivity contribution in [3.63, 3.8) is 0 Å². The van der Waals surface area contributed by atoms with Crippen molar-refractivity contribution < 1.29 is 60.8 Å². The first-order valence-corrected chi connectivity index (χ1v) is 14.7. The lowest BCUT2D eigenvalue weighted by atomic mass is 9.99. The third kappa shape index (κ3) is 11.3. The van der Waals surface area contributed by atoms with Crippen LogP contribution in [0.2, 0.25) is 0 Å². The number of carboxylic acid groups (broad SMARTS) is 3. The Morgan fingerprint density at radius 2 is 1.36 bits per heavy atom. The van der Waals surface area contributed by atoms with Crippen molar-refractivity contribution in [2.45, 2.75) is 52.0 Å². The molecule has 50 heavy (non-hydrogen) atoms. The Balaban J connectivity index is 0.000000521. The van der Waals surface area contributed by atoms with Gasteiger partial charge in [0.05, 0.1) is 22.3 Å². The minimum absolute atomic E-state index is 0.0612.